The van der Waals surface area contributed by atoms with Crippen molar-refractivity contribution in [3.8, 4) is 5.75 Å². The second-order valence-corrected chi connectivity index (χ2v) is 4.65. The Morgan fingerprint density at radius 2 is 2.00 bits per heavy atom. The first-order chi connectivity index (χ1) is 10.1. The Hall–Kier alpha value is -1.24. The quantitative estimate of drug-likeness (QED) is 0.675. The number of hydrogen-bond acceptors (Lipinski definition) is 4. The van der Waals surface area contributed by atoms with Crippen molar-refractivity contribution in [2.75, 3.05) is 34.0 Å². The Bertz CT molecular complexity index is 416. The maximum atomic E-state index is 11.9. The summed E-state index contributed by atoms with van der Waals surface area (Å²) >= 11 is 0. The molecule has 0 bridgehead atoms. The van der Waals surface area contributed by atoms with Gasteiger partial charge in [-0.05, 0) is 24.6 Å². The summed E-state index contributed by atoms with van der Waals surface area (Å²) in [6, 6.07) is 5.96. The maximum absolute atomic E-state index is 11.9. The van der Waals surface area contributed by atoms with E-state index in [1.54, 1.807) is 14.2 Å². The molecule has 1 rings (SSSR count). The highest BCUT2D eigenvalue weighted by atomic mass is 19.3. The first-order valence-corrected chi connectivity index (χ1v) is 6.83. The number of halogens is 2. The second kappa shape index (κ2) is 9.65. The van der Waals surface area contributed by atoms with Crippen LogP contribution in [0.2, 0.25) is 0 Å². The largest absolute Gasteiger partial charge is 0.496 e. The zero-order chi connectivity index (χ0) is 15.7. The van der Waals surface area contributed by atoms with Crippen LogP contribution in [-0.4, -0.2) is 40.4 Å². The van der Waals surface area contributed by atoms with Gasteiger partial charge < -0.3 is 19.5 Å². The van der Waals surface area contributed by atoms with E-state index in [9.17, 15) is 8.78 Å². The van der Waals surface area contributed by atoms with Crippen LogP contribution in [0.15, 0.2) is 18.2 Å². The molecule has 1 atom stereocenters. The van der Waals surface area contributed by atoms with Gasteiger partial charge in [-0.1, -0.05) is 6.07 Å². The zero-order valence-corrected chi connectivity index (χ0v) is 12.7. The number of rotatable bonds is 10. The Morgan fingerprint density at radius 3 is 2.62 bits per heavy atom. The summed E-state index contributed by atoms with van der Waals surface area (Å²) in [5, 5.41) is 3.23. The van der Waals surface area contributed by atoms with Crippen molar-refractivity contribution in [3.63, 3.8) is 0 Å². The Balaban J connectivity index is 2.49. The molecule has 1 unspecified atom stereocenters. The normalized spacial score (nSPS) is 12.7. The topological polar surface area (TPSA) is 39.7 Å². The van der Waals surface area contributed by atoms with Gasteiger partial charge in [0.15, 0.2) is 0 Å². The molecular weight excluding hydrogens is 280 g/mol. The summed E-state index contributed by atoms with van der Waals surface area (Å²) in [7, 11) is 3.25. The van der Waals surface area contributed by atoms with Crippen LogP contribution in [-0.2, 0) is 16.1 Å². The molecule has 6 heteroatoms. The van der Waals surface area contributed by atoms with Crippen LogP contribution in [0.5, 0.6) is 5.75 Å². The Labute approximate surface area is 124 Å². The molecule has 0 spiro atoms. The minimum absolute atomic E-state index is 0.0849. The van der Waals surface area contributed by atoms with Gasteiger partial charge in [0.05, 0.1) is 20.3 Å². The van der Waals surface area contributed by atoms with Crippen LogP contribution in [0.25, 0.3) is 0 Å². The first-order valence-electron chi connectivity index (χ1n) is 6.83. The summed E-state index contributed by atoms with van der Waals surface area (Å²) in [6.07, 6.45) is -2.42. The molecule has 4 nitrogen and oxygen atoms in total. The number of nitrogens with one attached hydrogen (secondary N) is 1. The molecule has 0 aromatic heterocycles. The van der Waals surface area contributed by atoms with Crippen LogP contribution < -0.4 is 10.1 Å². The number of alkyl halides is 2. The van der Waals surface area contributed by atoms with Crippen molar-refractivity contribution in [1.82, 2.24) is 5.32 Å². The third-order valence-corrected chi connectivity index (χ3v) is 3.05. The van der Waals surface area contributed by atoms with Gasteiger partial charge in [-0.25, -0.2) is 8.78 Å². The zero-order valence-electron chi connectivity index (χ0n) is 12.7. The molecule has 21 heavy (non-hydrogen) atoms. The predicted octanol–water partition coefficient (Wildman–Crippen LogP) is 2.77. The van der Waals surface area contributed by atoms with Crippen molar-refractivity contribution >= 4 is 0 Å². The van der Waals surface area contributed by atoms with Crippen LogP contribution in [0.4, 0.5) is 8.78 Å². The average molecular weight is 303 g/mol. The van der Waals surface area contributed by atoms with Crippen LogP contribution in [0, 0.1) is 0 Å². The lowest BCUT2D eigenvalue weighted by Gasteiger charge is -2.17. The second-order valence-electron chi connectivity index (χ2n) is 4.65. The van der Waals surface area contributed by atoms with E-state index in [0.29, 0.717) is 13.2 Å². The predicted molar refractivity (Wildman–Crippen MR) is 76.9 cm³/mol. The maximum Gasteiger partial charge on any atom is 0.261 e. The molecule has 0 amide bonds. The molecule has 0 fully saturated rings. The fourth-order valence-corrected chi connectivity index (χ4v) is 1.97. The van der Waals surface area contributed by atoms with E-state index in [1.807, 2.05) is 25.1 Å². The van der Waals surface area contributed by atoms with Crippen molar-refractivity contribution in [1.29, 1.82) is 0 Å². The van der Waals surface area contributed by atoms with Crippen LogP contribution in [0.3, 0.4) is 0 Å². The summed E-state index contributed by atoms with van der Waals surface area (Å²) in [4.78, 5) is 0. The Morgan fingerprint density at radius 1 is 1.24 bits per heavy atom. The number of methoxy groups -OCH3 is 2. The monoisotopic (exact) mass is 303 g/mol. The van der Waals surface area contributed by atoms with Gasteiger partial charge >= 0.3 is 0 Å². The van der Waals surface area contributed by atoms with Gasteiger partial charge in [0, 0.05) is 25.3 Å². The fraction of sp³-hybridized carbons (Fsp3) is 0.600. The average Bonchev–Trinajstić information content (AvgIpc) is 2.46. The van der Waals surface area contributed by atoms with Gasteiger partial charge in [0.2, 0.25) is 0 Å². The lowest BCUT2D eigenvalue weighted by molar-refractivity contribution is 0.0183. The van der Waals surface area contributed by atoms with Crippen LogP contribution >= 0.6 is 0 Å². The summed E-state index contributed by atoms with van der Waals surface area (Å²) in [6.45, 7) is 2.73. The number of hydrogen-bond donors (Lipinski definition) is 1. The molecule has 1 aromatic rings. The lowest BCUT2D eigenvalue weighted by atomic mass is 10.0. The number of benzene rings is 1. The molecule has 1 N–H and O–H groups in total. The summed E-state index contributed by atoms with van der Waals surface area (Å²) < 4.78 is 39.1. The molecule has 0 saturated carbocycles. The van der Waals surface area contributed by atoms with Gasteiger partial charge in [-0.15, -0.1) is 0 Å². The molecule has 0 aliphatic carbocycles. The molecule has 0 radical (unpaired) electrons. The van der Waals surface area contributed by atoms with Crippen molar-refractivity contribution < 1.29 is 23.0 Å². The molecule has 1 aromatic carbocycles. The smallest absolute Gasteiger partial charge is 0.261 e. The van der Waals surface area contributed by atoms with Crippen molar-refractivity contribution in [2.45, 2.75) is 26.0 Å². The van der Waals surface area contributed by atoms with E-state index in [0.717, 1.165) is 16.9 Å². The standard InChI is InChI=1S/C15H23F2NO3/c1-11(18-6-7-21-10-15(16)17)12-4-5-14(20-3)13(8-12)9-19-2/h4-5,8,11,15,18H,6-7,9-10H2,1-3H3. The van der Waals surface area contributed by atoms with Crippen molar-refractivity contribution in [2.24, 2.45) is 0 Å². The SMILES string of the molecule is COCc1cc(C(C)NCCOCC(F)F)ccc1OC. The highest BCUT2D eigenvalue weighted by molar-refractivity contribution is 5.38. The molecule has 120 valence electrons. The van der Waals surface area contributed by atoms with E-state index in [1.165, 1.54) is 0 Å². The minimum atomic E-state index is -2.42. The van der Waals surface area contributed by atoms with E-state index in [2.05, 4.69) is 5.32 Å². The minimum Gasteiger partial charge on any atom is -0.496 e. The molecular formula is C15H23F2NO3. The molecule has 0 saturated heterocycles. The Kier molecular flexibility index (Phi) is 8.19. The van der Waals surface area contributed by atoms with E-state index in [-0.39, 0.29) is 12.6 Å². The van der Waals surface area contributed by atoms with Gasteiger partial charge in [0.25, 0.3) is 6.43 Å². The molecule has 0 aliphatic heterocycles. The third kappa shape index (κ3) is 6.37. The molecule has 0 heterocycles. The van der Waals surface area contributed by atoms with Crippen molar-refractivity contribution in [3.05, 3.63) is 29.3 Å². The van der Waals surface area contributed by atoms with Gasteiger partial charge in [-0.3, -0.25) is 0 Å². The number of ether oxygens (including phenoxy) is 3. The summed E-state index contributed by atoms with van der Waals surface area (Å²) in [5.74, 6) is 0.785. The fourth-order valence-electron chi connectivity index (χ4n) is 1.97. The summed E-state index contributed by atoms with van der Waals surface area (Å²) in [5.41, 5.74) is 2.05. The van der Waals surface area contributed by atoms with E-state index < -0.39 is 13.0 Å². The highest BCUT2D eigenvalue weighted by Gasteiger charge is 2.09. The highest BCUT2D eigenvalue weighted by Crippen LogP contribution is 2.23. The van der Waals surface area contributed by atoms with E-state index >= 15 is 0 Å². The third-order valence-electron chi connectivity index (χ3n) is 3.05. The van der Waals surface area contributed by atoms with Crippen LogP contribution in [0.1, 0.15) is 24.1 Å². The van der Waals surface area contributed by atoms with E-state index in [4.69, 9.17) is 14.2 Å². The first kappa shape index (κ1) is 17.8. The van der Waals surface area contributed by atoms with Gasteiger partial charge in [-0.2, -0.15) is 0 Å². The molecule has 0 aliphatic rings. The lowest BCUT2D eigenvalue weighted by Crippen LogP contribution is -2.24. The van der Waals surface area contributed by atoms with Gasteiger partial charge in [0.1, 0.15) is 12.4 Å².